The second kappa shape index (κ2) is 5.35. The molecule has 1 aliphatic rings. The molecule has 2 rings (SSSR count). The summed E-state index contributed by atoms with van der Waals surface area (Å²) in [5.41, 5.74) is 0. The van der Waals surface area contributed by atoms with Gasteiger partial charge in [-0.2, -0.15) is 5.10 Å². The number of aliphatic carboxylic acids is 2. The lowest BCUT2D eigenvalue weighted by Gasteiger charge is -2.34. The van der Waals surface area contributed by atoms with E-state index >= 15 is 0 Å². The SMILES string of the molecule is Cn1ncnc1CN1CCC(C(=O)O)C(C(=O)O)C1. The number of piperidine rings is 1. The fourth-order valence-electron chi connectivity index (χ4n) is 2.37. The van der Waals surface area contributed by atoms with Crippen LogP contribution in [0.3, 0.4) is 0 Å². The molecular formula is C11H16N4O4. The highest BCUT2D eigenvalue weighted by Gasteiger charge is 2.38. The van der Waals surface area contributed by atoms with Crippen molar-refractivity contribution in [2.45, 2.75) is 13.0 Å². The molecule has 0 aromatic carbocycles. The summed E-state index contributed by atoms with van der Waals surface area (Å²) < 4.78 is 1.62. The highest BCUT2D eigenvalue weighted by Crippen LogP contribution is 2.25. The maximum Gasteiger partial charge on any atom is 0.308 e. The Morgan fingerprint density at radius 2 is 2.05 bits per heavy atom. The number of hydrogen-bond donors (Lipinski definition) is 2. The van der Waals surface area contributed by atoms with Crippen molar-refractivity contribution in [3.63, 3.8) is 0 Å². The van der Waals surface area contributed by atoms with Crippen LogP contribution in [0.5, 0.6) is 0 Å². The molecule has 0 amide bonds. The van der Waals surface area contributed by atoms with Gasteiger partial charge in [-0.05, 0) is 13.0 Å². The molecule has 2 unspecified atom stereocenters. The highest BCUT2D eigenvalue weighted by atomic mass is 16.4. The number of rotatable bonds is 4. The van der Waals surface area contributed by atoms with Crippen LogP contribution in [0.15, 0.2) is 6.33 Å². The number of carbonyl (C=O) groups is 2. The van der Waals surface area contributed by atoms with Gasteiger partial charge in [-0.15, -0.1) is 0 Å². The predicted octanol–water partition coefficient (Wildman–Crippen LogP) is -0.578. The van der Waals surface area contributed by atoms with Crippen LogP contribution in [-0.4, -0.2) is 54.9 Å². The summed E-state index contributed by atoms with van der Waals surface area (Å²) >= 11 is 0. The van der Waals surface area contributed by atoms with Crippen LogP contribution in [0.25, 0.3) is 0 Å². The predicted molar refractivity (Wildman–Crippen MR) is 63.1 cm³/mol. The van der Waals surface area contributed by atoms with Crippen molar-refractivity contribution in [3.05, 3.63) is 12.2 Å². The van der Waals surface area contributed by atoms with E-state index in [1.54, 1.807) is 11.7 Å². The van der Waals surface area contributed by atoms with E-state index in [1.807, 2.05) is 4.90 Å². The lowest BCUT2D eigenvalue weighted by atomic mass is 9.85. The molecule has 8 nitrogen and oxygen atoms in total. The van der Waals surface area contributed by atoms with Gasteiger partial charge >= 0.3 is 11.9 Å². The molecule has 1 fully saturated rings. The minimum atomic E-state index is -1.06. The van der Waals surface area contributed by atoms with Crippen LogP contribution in [-0.2, 0) is 23.2 Å². The summed E-state index contributed by atoms with van der Waals surface area (Å²) in [7, 11) is 1.76. The minimum absolute atomic E-state index is 0.221. The minimum Gasteiger partial charge on any atom is -0.481 e. The molecule has 0 saturated carbocycles. The standard InChI is InChI=1S/C11H16N4O4/c1-14-9(12-6-13-14)5-15-3-2-7(10(16)17)8(4-15)11(18)19/h6-8H,2-5H2,1H3,(H,16,17)(H,18,19). The molecular weight excluding hydrogens is 252 g/mol. The van der Waals surface area contributed by atoms with Crippen molar-refractivity contribution in [2.75, 3.05) is 13.1 Å². The molecule has 0 aliphatic carbocycles. The first-order chi connectivity index (χ1) is 8.99. The van der Waals surface area contributed by atoms with Gasteiger partial charge in [-0.1, -0.05) is 0 Å². The molecule has 0 bridgehead atoms. The molecule has 1 aromatic rings. The van der Waals surface area contributed by atoms with E-state index in [2.05, 4.69) is 10.1 Å². The average Bonchev–Trinajstić information content (AvgIpc) is 2.74. The number of aryl methyl sites for hydroxylation is 1. The van der Waals surface area contributed by atoms with Crippen molar-refractivity contribution >= 4 is 11.9 Å². The van der Waals surface area contributed by atoms with Gasteiger partial charge in [0.15, 0.2) is 0 Å². The Morgan fingerprint density at radius 3 is 2.58 bits per heavy atom. The third-order valence-electron chi connectivity index (χ3n) is 3.50. The van der Waals surface area contributed by atoms with Gasteiger partial charge in [0.1, 0.15) is 12.2 Å². The van der Waals surface area contributed by atoms with Crippen LogP contribution < -0.4 is 0 Å². The monoisotopic (exact) mass is 268 g/mol. The molecule has 104 valence electrons. The first-order valence-corrected chi connectivity index (χ1v) is 6.00. The summed E-state index contributed by atoms with van der Waals surface area (Å²) in [5, 5.41) is 22.1. The summed E-state index contributed by atoms with van der Waals surface area (Å²) in [6.07, 6.45) is 1.78. The van der Waals surface area contributed by atoms with Crippen LogP contribution in [0.2, 0.25) is 0 Å². The van der Waals surface area contributed by atoms with Crippen molar-refractivity contribution in [2.24, 2.45) is 18.9 Å². The molecule has 2 heterocycles. The average molecular weight is 268 g/mol. The lowest BCUT2D eigenvalue weighted by Crippen LogP contribution is -2.46. The van der Waals surface area contributed by atoms with Gasteiger partial charge in [0.05, 0.1) is 18.4 Å². The van der Waals surface area contributed by atoms with Gasteiger partial charge in [-0.25, -0.2) is 4.98 Å². The quantitative estimate of drug-likeness (QED) is 0.752. The Labute approximate surface area is 109 Å². The molecule has 1 saturated heterocycles. The third kappa shape index (κ3) is 2.90. The smallest absolute Gasteiger partial charge is 0.308 e. The van der Waals surface area contributed by atoms with Gasteiger partial charge in [-0.3, -0.25) is 19.2 Å². The summed E-state index contributed by atoms with van der Waals surface area (Å²) in [5.74, 6) is -3.05. The first kappa shape index (κ1) is 13.5. The fraction of sp³-hybridized carbons (Fsp3) is 0.636. The number of aromatic nitrogens is 3. The largest absolute Gasteiger partial charge is 0.481 e. The fourth-order valence-corrected chi connectivity index (χ4v) is 2.37. The van der Waals surface area contributed by atoms with E-state index in [1.165, 1.54) is 6.33 Å². The molecule has 0 radical (unpaired) electrons. The van der Waals surface area contributed by atoms with Crippen molar-refractivity contribution < 1.29 is 19.8 Å². The number of carboxylic acid groups (broad SMARTS) is 2. The molecule has 19 heavy (non-hydrogen) atoms. The number of nitrogens with zero attached hydrogens (tertiary/aromatic N) is 4. The van der Waals surface area contributed by atoms with Gasteiger partial charge in [0.25, 0.3) is 0 Å². The zero-order valence-corrected chi connectivity index (χ0v) is 10.6. The Morgan fingerprint density at radius 1 is 1.37 bits per heavy atom. The highest BCUT2D eigenvalue weighted by molar-refractivity contribution is 5.80. The van der Waals surface area contributed by atoms with E-state index in [9.17, 15) is 9.59 Å². The summed E-state index contributed by atoms with van der Waals surface area (Å²) in [4.78, 5) is 28.2. The summed E-state index contributed by atoms with van der Waals surface area (Å²) in [6.45, 7) is 1.25. The molecule has 2 N–H and O–H groups in total. The first-order valence-electron chi connectivity index (χ1n) is 6.00. The van der Waals surface area contributed by atoms with Gasteiger partial charge in [0, 0.05) is 13.6 Å². The maximum atomic E-state index is 11.2. The van der Waals surface area contributed by atoms with Crippen LogP contribution in [0.1, 0.15) is 12.2 Å². The Bertz CT molecular complexity index is 487. The topological polar surface area (TPSA) is 109 Å². The number of carboxylic acids is 2. The molecule has 8 heteroatoms. The van der Waals surface area contributed by atoms with Crippen LogP contribution in [0, 0.1) is 11.8 Å². The molecule has 1 aliphatic heterocycles. The van der Waals surface area contributed by atoms with E-state index in [-0.39, 0.29) is 6.54 Å². The molecule has 2 atom stereocenters. The van der Waals surface area contributed by atoms with Gasteiger partial charge in [0.2, 0.25) is 0 Å². The second-order valence-electron chi connectivity index (χ2n) is 4.71. The Balaban J connectivity index is 2.05. The summed E-state index contributed by atoms with van der Waals surface area (Å²) in [6, 6.07) is 0. The second-order valence-corrected chi connectivity index (χ2v) is 4.71. The normalized spacial score (nSPS) is 24.3. The van der Waals surface area contributed by atoms with Crippen LogP contribution in [0.4, 0.5) is 0 Å². The Hall–Kier alpha value is -1.96. The number of hydrogen-bond acceptors (Lipinski definition) is 5. The van der Waals surface area contributed by atoms with Crippen molar-refractivity contribution in [1.82, 2.24) is 19.7 Å². The lowest BCUT2D eigenvalue weighted by molar-refractivity contribution is -0.157. The zero-order valence-electron chi connectivity index (χ0n) is 10.6. The van der Waals surface area contributed by atoms with E-state index in [4.69, 9.17) is 10.2 Å². The van der Waals surface area contributed by atoms with E-state index in [0.29, 0.717) is 19.5 Å². The molecule has 0 spiro atoms. The molecule has 1 aromatic heterocycles. The van der Waals surface area contributed by atoms with E-state index < -0.39 is 23.8 Å². The zero-order chi connectivity index (χ0) is 14.0. The Kier molecular flexibility index (Phi) is 3.79. The third-order valence-corrected chi connectivity index (χ3v) is 3.50. The van der Waals surface area contributed by atoms with Gasteiger partial charge < -0.3 is 10.2 Å². The number of likely N-dealkylation sites (tertiary alicyclic amines) is 1. The van der Waals surface area contributed by atoms with E-state index in [0.717, 1.165) is 5.82 Å². The van der Waals surface area contributed by atoms with Crippen molar-refractivity contribution in [3.8, 4) is 0 Å². The van der Waals surface area contributed by atoms with Crippen molar-refractivity contribution in [1.29, 1.82) is 0 Å². The maximum absolute atomic E-state index is 11.2. The van der Waals surface area contributed by atoms with Crippen LogP contribution >= 0.6 is 0 Å².